The Kier molecular flexibility index (Phi) is 4.32. The number of aromatic nitrogens is 1. The van der Waals surface area contributed by atoms with Gasteiger partial charge in [-0.25, -0.2) is 4.98 Å². The van der Waals surface area contributed by atoms with Gasteiger partial charge in [0.25, 0.3) is 5.91 Å². The Morgan fingerprint density at radius 2 is 2.22 bits per heavy atom. The first-order valence-electron chi connectivity index (χ1n) is 5.96. The number of carbonyl (C=O) groups excluding carboxylic acids is 1. The largest absolute Gasteiger partial charge is 0.337 e. The summed E-state index contributed by atoms with van der Waals surface area (Å²) in [7, 11) is 0. The number of nitriles is 1. The fraction of sp³-hybridized carbons (Fsp3) is 0.462. The molecule has 1 aliphatic rings. The smallest absolute Gasteiger partial charge is 0.272 e. The maximum Gasteiger partial charge on any atom is 0.272 e. The van der Waals surface area contributed by atoms with Crippen molar-refractivity contribution in [2.45, 2.75) is 12.8 Å². The van der Waals surface area contributed by atoms with Crippen molar-refractivity contribution in [1.82, 2.24) is 9.88 Å². The highest BCUT2D eigenvalue weighted by Crippen LogP contribution is 2.20. The molecule has 0 aliphatic carbocycles. The number of halogens is 1. The number of hydrogen-bond donors (Lipinski definition) is 0. The molecule has 1 aromatic heterocycles. The van der Waals surface area contributed by atoms with Crippen molar-refractivity contribution in [3.8, 4) is 6.07 Å². The molecule has 0 atom stereocenters. The number of rotatable bonds is 2. The quantitative estimate of drug-likeness (QED) is 0.787. The van der Waals surface area contributed by atoms with Crippen molar-refractivity contribution in [3.63, 3.8) is 0 Å². The van der Waals surface area contributed by atoms with Crippen LogP contribution in [0.25, 0.3) is 0 Å². The second-order valence-electron chi connectivity index (χ2n) is 4.43. The molecular weight excluding hydrogens is 294 g/mol. The van der Waals surface area contributed by atoms with E-state index >= 15 is 0 Å². The molecule has 1 fully saturated rings. The van der Waals surface area contributed by atoms with Gasteiger partial charge in [0, 0.05) is 24.6 Å². The Morgan fingerprint density at radius 1 is 1.50 bits per heavy atom. The monoisotopic (exact) mass is 307 g/mol. The van der Waals surface area contributed by atoms with E-state index in [2.05, 4.69) is 20.9 Å². The molecule has 94 valence electrons. The minimum absolute atomic E-state index is 0.0347. The molecule has 1 saturated heterocycles. The van der Waals surface area contributed by atoms with Gasteiger partial charge in [-0.3, -0.25) is 4.79 Å². The Bertz CT molecular complexity index is 458. The highest BCUT2D eigenvalue weighted by Gasteiger charge is 2.23. The third-order valence-electron chi connectivity index (χ3n) is 3.23. The number of hydrogen-bond acceptors (Lipinski definition) is 3. The van der Waals surface area contributed by atoms with Gasteiger partial charge in [0.05, 0.1) is 5.56 Å². The molecule has 0 spiro atoms. The summed E-state index contributed by atoms with van der Waals surface area (Å²) in [6.07, 6.45) is 3.51. The van der Waals surface area contributed by atoms with E-state index in [0.717, 1.165) is 31.3 Å². The summed E-state index contributed by atoms with van der Waals surface area (Å²) >= 11 is 3.48. The lowest BCUT2D eigenvalue weighted by Gasteiger charge is -2.30. The van der Waals surface area contributed by atoms with Gasteiger partial charge in [-0.1, -0.05) is 15.9 Å². The molecule has 0 aromatic carbocycles. The van der Waals surface area contributed by atoms with Crippen molar-refractivity contribution in [1.29, 1.82) is 5.26 Å². The van der Waals surface area contributed by atoms with E-state index < -0.39 is 0 Å². The maximum absolute atomic E-state index is 12.2. The molecule has 2 rings (SSSR count). The standard InChI is InChI=1S/C13H14BrN3O/c14-7-10-3-5-17(6-4-10)13(18)12-2-1-11(8-15)9-16-12/h1-2,9-10H,3-7H2. The number of nitrogens with zero attached hydrogens (tertiary/aromatic N) is 3. The molecule has 4 nitrogen and oxygen atoms in total. The van der Waals surface area contributed by atoms with Crippen LogP contribution in [0.5, 0.6) is 0 Å². The van der Waals surface area contributed by atoms with E-state index in [9.17, 15) is 4.79 Å². The highest BCUT2D eigenvalue weighted by molar-refractivity contribution is 9.09. The van der Waals surface area contributed by atoms with E-state index in [4.69, 9.17) is 5.26 Å². The Morgan fingerprint density at radius 3 is 2.72 bits per heavy atom. The third kappa shape index (κ3) is 2.88. The van der Waals surface area contributed by atoms with Crippen LogP contribution in [0.2, 0.25) is 0 Å². The van der Waals surface area contributed by atoms with Crippen LogP contribution in [0.4, 0.5) is 0 Å². The van der Waals surface area contributed by atoms with Gasteiger partial charge >= 0.3 is 0 Å². The molecule has 1 aromatic rings. The topological polar surface area (TPSA) is 57.0 Å². The zero-order chi connectivity index (χ0) is 13.0. The van der Waals surface area contributed by atoms with Crippen LogP contribution in [0, 0.1) is 17.2 Å². The summed E-state index contributed by atoms with van der Waals surface area (Å²) in [5, 5.41) is 9.69. The van der Waals surface area contributed by atoms with Gasteiger partial charge in [0.15, 0.2) is 0 Å². The summed E-state index contributed by atoms with van der Waals surface area (Å²) in [5.41, 5.74) is 0.899. The van der Waals surface area contributed by atoms with Crippen LogP contribution in [0.1, 0.15) is 28.9 Å². The van der Waals surface area contributed by atoms with Gasteiger partial charge in [-0.15, -0.1) is 0 Å². The fourth-order valence-corrected chi connectivity index (χ4v) is 2.69. The van der Waals surface area contributed by atoms with Crippen LogP contribution in [-0.2, 0) is 0 Å². The molecule has 0 N–H and O–H groups in total. The molecular formula is C13H14BrN3O. The van der Waals surface area contributed by atoms with Gasteiger partial charge in [0.2, 0.25) is 0 Å². The summed E-state index contributed by atoms with van der Waals surface area (Å²) in [5.74, 6) is 0.635. The molecule has 5 heteroatoms. The summed E-state index contributed by atoms with van der Waals surface area (Å²) in [4.78, 5) is 18.0. The van der Waals surface area contributed by atoms with Crippen LogP contribution in [0.15, 0.2) is 18.3 Å². The molecule has 18 heavy (non-hydrogen) atoms. The van der Waals surface area contributed by atoms with E-state index in [1.807, 2.05) is 11.0 Å². The van der Waals surface area contributed by atoms with Crippen LogP contribution in [-0.4, -0.2) is 34.2 Å². The van der Waals surface area contributed by atoms with E-state index in [1.54, 1.807) is 12.1 Å². The van der Waals surface area contributed by atoms with Crippen LogP contribution < -0.4 is 0 Å². The lowest BCUT2D eigenvalue weighted by molar-refractivity contribution is 0.0693. The molecule has 0 unspecified atom stereocenters. The average molecular weight is 308 g/mol. The predicted molar refractivity (Wildman–Crippen MR) is 71.4 cm³/mol. The van der Waals surface area contributed by atoms with Gasteiger partial charge in [-0.05, 0) is 30.9 Å². The minimum atomic E-state index is -0.0347. The number of piperidine rings is 1. The Labute approximate surface area is 115 Å². The van der Waals surface area contributed by atoms with E-state index in [-0.39, 0.29) is 5.91 Å². The second kappa shape index (κ2) is 5.96. The molecule has 0 bridgehead atoms. The van der Waals surface area contributed by atoms with Crippen molar-refractivity contribution in [2.24, 2.45) is 5.92 Å². The SMILES string of the molecule is N#Cc1ccc(C(=O)N2CCC(CBr)CC2)nc1. The van der Waals surface area contributed by atoms with Crippen molar-refractivity contribution in [2.75, 3.05) is 18.4 Å². The first kappa shape index (κ1) is 13.0. The first-order chi connectivity index (χ1) is 8.74. The molecule has 1 amide bonds. The zero-order valence-corrected chi connectivity index (χ0v) is 11.6. The maximum atomic E-state index is 12.2. The van der Waals surface area contributed by atoms with Gasteiger partial charge in [-0.2, -0.15) is 5.26 Å². The lowest BCUT2D eigenvalue weighted by Crippen LogP contribution is -2.39. The van der Waals surface area contributed by atoms with Crippen molar-refractivity contribution in [3.05, 3.63) is 29.6 Å². The predicted octanol–water partition coefficient (Wildman–Crippen LogP) is 2.20. The summed E-state index contributed by atoms with van der Waals surface area (Å²) in [6, 6.07) is 5.25. The normalized spacial score (nSPS) is 16.3. The zero-order valence-electron chi connectivity index (χ0n) is 9.97. The first-order valence-corrected chi connectivity index (χ1v) is 7.08. The third-order valence-corrected chi connectivity index (χ3v) is 4.15. The van der Waals surface area contributed by atoms with Crippen molar-refractivity contribution >= 4 is 21.8 Å². The summed E-state index contributed by atoms with van der Waals surface area (Å²) in [6.45, 7) is 1.58. The van der Waals surface area contributed by atoms with Gasteiger partial charge < -0.3 is 4.90 Å². The molecule has 2 heterocycles. The number of pyridine rings is 1. The summed E-state index contributed by atoms with van der Waals surface area (Å²) < 4.78 is 0. The second-order valence-corrected chi connectivity index (χ2v) is 5.08. The molecule has 1 aliphatic heterocycles. The lowest BCUT2D eigenvalue weighted by atomic mass is 9.99. The van der Waals surface area contributed by atoms with Crippen LogP contribution in [0.3, 0.4) is 0 Å². The van der Waals surface area contributed by atoms with E-state index in [0.29, 0.717) is 17.2 Å². The molecule has 0 radical (unpaired) electrons. The minimum Gasteiger partial charge on any atom is -0.337 e. The average Bonchev–Trinajstić information content (AvgIpc) is 2.47. The van der Waals surface area contributed by atoms with Gasteiger partial charge in [0.1, 0.15) is 11.8 Å². The number of alkyl halides is 1. The number of carbonyl (C=O) groups is 1. The Hall–Kier alpha value is -1.41. The van der Waals surface area contributed by atoms with E-state index in [1.165, 1.54) is 6.20 Å². The number of likely N-dealkylation sites (tertiary alicyclic amines) is 1. The molecule has 0 saturated carbocycles. The number of amides is 1. The Balaban J connectivity index is 2.01. The van der Waals surface area contributed by atoms with Crippen molar-refractivity contribution < 1.29 is 4.79 Å². The highest BCUT2D eigenvalue weighted by atomic mass is 79.9. The fourth-order valence-electron chi connectivity index (χ4n) is 2.04. The van der Waals surface area contributed by atoms with Crippen LogP contribution >= 0.6 is 15.9 Å².